The number of hydrogen-bond acceptors (Lipinski definition) is 4. The number of benzene rings is 2. The van der Waals surface area contributed by atoms with Crippen LogP contribution in [0, 0.1) is 0 Å². The first-order valence-electron chi connectivity index (χ1n) is 7.85. The fourth-order valence-corrected chi connectivity index (χ4v) is 2.68. The van der Waals surface area contributed by atoms with Gasteiger partial charge in [0.05, 0.1) is 13.5 Å². The summed E-state index contributed by atoms with van der Waals surface area (Å²) in [6, 6.07) is 17.1. The van der Waals surface area contributed by atoms with Crippen LogP contribution in [0.25, 0.3) is 0 Å². The maximum Gasteiger partial charge on any atom is 0.410 e. The van der Waals surface area contributed by atoms with E-state index in [2.05, 4.69) is 20.7 Å². The van der Waals surface area contributed by atoms with Gasteiger partial charge in [0.15, 0.2) is 0 Å². The van der Waals surface area contributed by atoms with Crippen molar-refractivity contribution in [2.75, 3.05) is 13.7 Å². The summed E-state index contributed by atoms with van der Waals surface area (Å²) in [6.07, 6.45) is -0.349. The molecule has 0 spiro atoms. The predicted octanol–water partition coefficient (Wildman–Crippen LogP) is 4.15. The van der Waals surface area contributed by atoms with Crippen molar-refractivity contribution < 1.29 is 19.1 Å². The van der Waals surface area contributed by atoms with Gasteiger partial charge >= 0.3 is 12.1 Å². The van der Waals surface area contributed by atoms with Crippen LogP contribution in [0.2, 0.25) is 0 Å². The van der Waals surface area contributed by atoms with Crippen LogP contribution in [-0.2, 0) is 27.4 Å². The molecule has 0 radical (unpaired) electrons. The zero-order valence-corrected chi connectivity index (χ0v) is 15.6. The molecule has 0 heterocycles. The summed E-state index contributed by atoms with van der Waals surface area (Å²) in [7, 11) is 1.33. The number of carbonyl (C=O) groups is 2. The average Bonchev–Trinajstić information content (AvgIpc) is 2.63. The van der Waals surface area contributed by atoms with Crippen LogP contribution >= 0.6 is 15.9 Å². The second-order valence-corrected chi connectivity index (χ2v) is 6.33. The Morgan fingerprint density at radius 2 is 1.76 bits per heavy atom. The van der Waals surface area contributed by atoms with E-state index in [-0.39, 0.29) is 25.5 Å². The summed E-state index contributed by atoms with van der Waals surface area (Å²) in [5, 5.41) is 0. The topological polar surface area (TPSA) is 55.8 Å². The van der Waals surface area contributed by atoms with E-state index < -0.39 is 6.09 Å². The minimum Gasteiger partial charge on any atom is -0.469 e. The zero-order valence-electron chi connectivity index (χ0n) is 14.0. The lowest BCUT2D eigenvalue weighted by molar-refractivity contribution is -0.140. The van der Waals surface area contributed by atoms with E-state index in [0.29, 0.717) is 6.54 Å². The van der Waals surface area contributed by atoms with Gasteiger partial charge in [0, 0.05) is 17.6 Å². The van der Waals surface area contributed by atoms with Crippen LogP contribution in [0.15, 0.2) is 59.1 Å². The summed E-state index contributed by atoms with van der Waals surface area (Å²) in [5.41, 5.74) is 1.85. The molecule has 132 valence electrons. The molecule has 0 aromatic heterocycles. The molecule has 0 aliphatic rings. The van der Waals surface area contributed by atoms with Crippen LogP contribution in [0.4, 0.5) is 4.79 Å². The summed E-state index contributed by atoms with van der Waals surface area (Å²) < 4.78 is 11.0. The van der Waals surface area contributed by atoms with Crippen LogP contribution < -0.4 is 0 Å². The number of rotatable bonds is 7. The smallest absolute Gasteiger partial charge is 0.410 e. The molecule has 0 saturated heterocycles. The monoisotopic (exact) mass is 405 g/mol. The summed E-state index contributed by atoms with van der Waals surface area (Å²) in [5.74, 6) is -0.366. The maximum absolute atomic E-state index is 12.4. The standard InChI is InChI=1S/C19H20BrNO4/c1-24-18(22)10-11-21(13-16-8-5-9-17(20)12-16)19(23)25-14-15-6-3-2-4-7-15/h2-9,12H,10-11,13-14H2,1H3. The molecule has 2 rings (SSSR count). The number of hydrogen-bond donors (Lipinski definition) is 0. The molecular weight excluding hydrogens is 386 g/mol. The highest BCUT2D eigenvalue weighted by atomic mass is 79.9. The molecule has 2 aromatic carbocycles. The van der Waals surface area contributed by atoms with Crippen molar-refractivity contribution in [3.8, 4) is 0 Å². The van der Waals surface area contributed by atoms with Gasteiger partial charge in [-0.05, 0) is 23.3 Å². The van der Waals surface area contributed by atoms with E-state index in [0.717, 1.165) is 15.6 Å². The Bertz CT molecular complexity index is 706. The summed E-state index contributed by atoms with van der Waals surface area (Å²) in [4.78, 5) is 25.4. The van der Waals surface area contributed by atoms with Gasteiger partial charge in [-0.3, -0.25) is 4.79 Å². The maximum atomic E-state index is 12.4. The minimum atomic E-state index is -0.465. The van der Waals surface area contributed by atoms with Crippen molar-refractivity contribution in [2.45, 2.75) is 19.6 Å². The molecule has 2 aromatic rings. The normalized spacial score (nSPS) is 10.2. The Labute approximate surface area is 155 Å². The lowest BCUT2D eigenvalue weighted by Gasteiger charge is -2.22. The van der Waals surface area contributed by atoms with E-state index in [1.165, 1.54) is 12.0 Å². The molecule has 0 saturated carbocycles. The van der Waals surface area contributed by atoms with Crippen molar-refractivity contribution in [2.24, 2.45) is 0 Å². The lowest BCUT2D eigenvalue weighted by atomic mass is 10.2. The third-order valence-electron chi connectivity index (χ3n) is 3.54. The Morgan fingerprint density at radius 1 is 1.04 bits per heavy atom. The SMILES string of the molecule is COC(=O)CCN(Cc1cccc(Br)c1)C(=O)OCc1ccccc1. The van der Waals surface area contributed by atoms with E-state index in [1.54, 1.807) is 0 Å². The molecule has 0 aliphatic carbocycles. The number of methoxy groups -OCH3 is 1. The van der Waals surface area contributed by atoms with Crippen molar-refractivity contribution in [1.29, 1.82) is 0 Å². The van der Waals surface area contributed by atoms with Crippen LogP contribution in [0.3, 0.4) is 0 Å². The fraction of sp³-hybridized carbons (Fsp3) is 0.263. The highest BCUT2D eigenvalue weighted by Gasteiger charge is 2.17. The Morgan fingerprint density at radius 3 is 2.44 bits per heavy atom. The Kier molecular flexibility index (Phi) is 7.47. The first kappa shape index (κ1) is 19.0. The molecule has 1 amide bonds. The summed E-state index contributed by atoms with van der Waals surface area (Å²) in [6.45, 7) is 0.768. The number of nitrogens with zero attached hydrogens (tertiary/aromatic N) is 1. The second kappa shape index (κ2) is 9.84. The first-order chi connectivity index (χ1) is 12.1. The summed E-state index contributed by atoms with van der Waals surface area (Å²) >= 11 is 3.42. The molecule has 0 fully saturated rings. The number of carbonyl (C=O) groups excluding carboxylic acids is 2. The molecule has 6 heteroatoms. The van der Waals surface area contributed by atoms with Gasteiger partial charge in [0.2, 0.25) is 0 Å². The highest BCUT2D eigenvalue weighted by Crippen LogP contribution is 2.15. The second-order valence-electron chi connectivity index (χ2n) is 5.42. The number of ether oxygens (including phenoxy) is 2. The van der Waals surface area contributed by atoms with Crippen molar-refractivity contribution in [3.63, 3.8) is 0 Å². The first-order valence-corrected chi connectivity index (χ1v) is 8.64. The van der Waals surface area contributed by atoms with Gasteiger partial charge in [-0.1, -0.05) is 58.4 Å². The van der Waals surface area contributed by atoms with E-state index >= 15 is 0 Å². The van der Waals surface area contributed by atoms with E-state index in [1.807, 2.05) is 54.6 Å². The Balaban J connectivity index is 2.01. The molecular formula is C19H20BrNO4. The molecule has 0 N–H and O–H groups in total. The lowest BCUT2D eigenvalue weighted by Crippen LogP contribution is -2.33. The molecule has 0 bridgehead atoms. The molecule has 5 nitrogen and oxygen atoms in total. The molecule has 0 unspecified atom stereocenters. The van der Waals surface area contributed by atoms with Crippen molar-refractivity contribution in [3.05, 3.63) is 70.2 Å². The van der Waals surface area contributed by atoms with Gasteiger partial charge in [-0.2, -0.15) is 0 Å². The highest BCUT2D eigenvalue weighted by molar-refractivity contribution is 9.10. The van der Waals surface area contributed by atoms with Crippen molar-refractivity contribution in [1.82, 2.24) is 4.90 Å². The molecule has 0 atom stereocenters. The largest absolute Gasteiger partial charge is 0.469 e. The number of amides is 1. The van der Waals surface area contributed by atoms with E-state index in [9.17, 15) is 9.59 Å². The van der Waals surface area contributed by atoms with Gasteiger partial charge in [-0.15, -0.1) is 0 Å². The zero-order chi connectivity index (χ0) is 18.1. The van der Waals surface area contributed by atoms with Crippen LogP contribution in [0.1, 0.15) is 17.5 Å². The fourth-order valence-electron chi connectivity index (χ4n) is 2.23. The third kappa shape index (κ3) is 6.58. The quantitative estimate of drug-likeness (QED) is 0.649. The minimum absolute atomic E-state index is 0.116. The average molecular weight is 406 g/mol. The Hall–Kier alpha value is -2.34. The van der Waals surface area contributed by atoms with Gasteiger partial charge in [0.1, 0.15) is 6.61 Å². The van der Waals surface area contributed by atoms with Gasteiger partial charge in [0.25, 0.3) is 0 Å². The molecule has 0 aliphatic heterocycles. The van der Waals surface area contributed by atoms with Crippen LogP contribution in [-0.4, -0.2) is 30.6 Å². The van der Waals surface area contributed by atoms with Gasteiger partial charge < -0.3 is 14.4 Å². The van der Waals surface area contributed by atoms with Crippen LogP contribution in [0.5, 0.6) is 0 Å². The number of esters is 1. The third-order valence-corrected chi connectivity index (χ3v) is 4.03. The number of halogens is 1. The predicted molar refractivity (Wildman–Crippen MR) is 97.8 cm³/mol. The van der Waals surface area contributed by atoms with Crippen molar-refractivity contribution >= 4 is 28.0 Å². The van der Waals surface area contributed by atoms with E-state index in [4.69, 9.17) is 4.74 Å². The van der Waals surface area contributed by atoms with Gasteiger partial charge in [-0.25, -0.2) is 4.79 Å². The molecule has 25 heavy (non-hydrogen) atoms.